The molecule has 4 aromatic rings. The van der Waals surface area contributed by atoms with E-state index >= 15 is 0 Å². The Hall–Kier alpha value is -1.39. The molecule has 0 aliphatic carbocycles. The van der Waals surface area contributed by atoms with E-state index in [4.69, 9.17) is 55.9 Å². The van der Waals surface area contributed by atoms with Crippen molar-refractivity contribution in [2.45, 2.75) is 64.8 Å². The van der Waals surface area contributed by atoms with Crippen molar-refractivity contribution in [1.82, 2.24) is 39.0 Å². The molecule has 0 fully saturated rings. The first kappa shape index (κ1) is 31.1. The summed E-state index contributed by atoms with van der Waals surface area (Å²) in [6.07, 6.45) is 3.27. The van der Waals surface area contributed by atoms with Crippen LogP contribution < -0.4 is 0 Å². The molecule has 0 unspecified atom stereocenters. The van der Waals surface area contributed by atoms with E-state index in [2.05, 4.69) is 69.2 Å². The standard InChI is InChI=1S/2C11H16Cl2N4OSi/c1-19(2,3)5-4-18-7-17-6-14-10-8(17)9(12)15-11(13)16-10;1-19(2,3)5-4-18-7-17-6-14-8-9(12)15-11(13)16-10(8)17/h2*6H,4-5,7H2,1-3H3. The van der Waals surface area contributed by atoms with Crippen molar-refractivity contribution in [1.29, 1.82) is 0 Å². The molecule has 0 radical (unpaired) electrons. The van der Waals surface area contributed by atoms with Gasteiger partial charge in [0.15, 0.2) is 21.6 Å². The topological polar surface area (TPSA) is 106 Å². The van der Waals surface area contributed by atoms with Crippen LogP contribution in [0.3, 0.4) is 0 Å². The Morgan fingerprint density at radius 1 is 0.684 bits per heavy atom. The van der Waals surface area contributed by atoms with Crippen LogP contribution in [0.2, 0.25) is 72.2 Å². The lowest BCUT2D eigenvalue weighted by molar-refractivity contribution is 0.0894. The van der Waals surface area contributed by atoms with E-state index in [1.807, 2.05) is 0 Å². The first-order chi connectivity index (χ1) is 17.7. The molecule has 4 heterocycles. The minimum Gasteiger partial charge on any atom is -0.361 e. The maximum Gasteiger partial charge on any atom is 0.225 e. The van der Waals surface area contributed by atoms with Gasteiger partial charge < -0.3 is 14.0 Å². The van der Waals surface area contributed by atoms with Gasteiger partial charge in [-0.1, -0.05) is 62.5 Å². The molecule has 0 aliphatic heterocycles. The van der Waals surface area contributed by atoms with Crippen molar-refractivity contribution >= 4 is 84.9 Å². The molecule has 4 rings (SSSR count). The van der Waals surface area contributed by atoms with Crippen LogP contribution in [0, 0.1) is 0 Å². The molecular formula is C22H32Cl4N8O2Si2. The van der Waals surface area contributed by atoms with Gasteiger partial charge in [-0.05, 0) is 35.3 Å². The largest absolute Gasteiger partial charge is 0.361 e. The summed E-state index contributed by atoms with van der Waals surface area (Å²) in [7, 11) is -2.14. The lowest BCUT2D eigenvalue weighted by atomic mass is 10.5. The number of hydrogen-bond donors (Lipinski definition) is 0. The third-order valence-corrected chi connectivity index (χ3v) is 9.52. The summed E-state index contributed by atoms with van der Waals surface area (Å²) < 4.78 is 14.9. The van der Waals surface area contributed by atoms with E-state index in [-0.39, 0.29) is 15.7 Å². The lowest BCUT2D eigenvalue weighted by Gasteiger charge is -2.15. The number of aromatic nitrogens is 8. The van der Waals surface area contributed by atoms with Crippen molar-refractivity contribution in [2.24, 2.45) is 0 Å². The molecule has 16 heteroatoms. The number of imidazole rings is 2. The number of fused-ring (bicyclic) bond motifs is 2. The maximum absolute atomic E-state index is 6.05. The fourth-order valence-electron chi connectivity index (χ4n) is 3.07. The molecular weight excluding hydrogens is 606 g/mol. The van der Waals surface area contributed by atoms with Gasteiger partial charge in [-0.2, -0.15) is 9.97 Å². The summed E-state index contributed by atoms with van der Waals surface area (Å²) in [4.78, 5) is 24.2. The first-order valence-electron chi connectivity index (χ1n) is 12.0. The van der Waals surface area contributed by atoms with E-state index in [9.17, 15) is 0 Å². The quantitative estimate of drug-likeness (QED) is 0.0801. The number of rotatable bonds is 10. The summed E-state index contributed by atoms with van der Waals surface area (Å²) in [5.74, 6) is 0. The Kier molecular flexibility index (Phi) is 10.9. The predicted molar refractivity (Wildman–Crippen MR) is 159 cm³/mol. The Morgan fingerprint density at radius 3 is 1.82 bits per heavy atom. The van der Waals surface area contributed by atoms with Crippen LogP contribution in [0.25, 0.3) is 22.3 Å². The third-order valence-electron chi connectivity index (χ3n) is 5.25. The summed E-state index contributed by atoms with van der Waals surface area (Å²) in [6.45, 7) is 16.2. The summed E-state index contributed by atoms with van der Waals surface area (Å²) >= 11 is 23.5. The van der Waals surface area contributed by atoms with Crippen molar-refractivity contribution < 1.29 is 9.47 Å². The molecule has 0 amide bonds. The number of halogens is 4. The molecule has 0 atom stereocenters. The molecule has 208 valence electrons. The van der Waals surface area contributed by atoms with E-state index in [0.717, 1.165) is 25.3 Å². The second-order valence-electron chi connectivity index (χ2n) is 11.0. The van der Waals surface area contributed by atoms with Gasteiger partial charge >= 0.3 is 0 Å². The highest BCUT2D eigenvalue weighted by Gasteiger charge is 2.15. The molecule has 0 saturated heterocycles. The third kappa shape index (κ3) is 9.37. The molecule has 0 N–H and O–H groups in total. The average molecular weight is 639 g/mol. The van der Waals surface area contributed by atoms with Gasteiger partial charge in [0, 0.05) is 29.4 Å². The zero-order valence-corrected chi connectivity index (χ0v) is 27.3. The van der Waals surface area contributed by atoms with E-state index in [1.54, 1.807) is 21.8 Å². The highest BCUT2D eigenvalue weighted by atomic mass is 35.5. The number of hydrogen-bond acceptors (Lipinski definition) is 8. The molecule has 4 aromatic heterocycles. The Labute approximate surface area is 244 Å². The summed E-state index contributed by atoms with van der Waals surface area (Å²) in [6, 6.07) is 2.24. The minimum atomic E-state index is -1.07. The summed E-state index contributed by atoms with van der Waals surface area (Å²) in [5.41, 5.74) is 2.27. The molecule has 10 nitrogen and oxygen atoms in total. The zero-order valence-electron chi connectivity index (χ0n) is 22.3. The van der Waals surface area contributed by atoms with Crippen molar-refractivity contribution in [3.8, 4) is 0 Å². The van der Waals surface area contributed by atoms with E-state index in [1.165, 1.54) is 0 Å². The van der Waals surface area contributed by atoms with Gasteiger partial charge in [-0.15, -0.1) is 0 Å². The van der Waals surface area contributed by atoms with Gasteiger partial charge in [-0.25, -0.2) is 19.9 Å². The summed E-state index contributed by atoms with van der Waals surface area (Å²) in [5, 5.41) is 0.765. The Balaban J connectivity index is 0.000000211. The van der Waals surface area contributed by atoms with Gasteiger partial charge in [0.1, 0.15) is 24.5 Å². The normalized spacial score (nSPS) is 12.3. The smallest absolute Gasteiger partial charge is 0.225 e. The van der Waals surface area contributed by atoms with Gasteiger partial charge in [-0.3, -0.25) is 4.57 Å². The number of nitrogens with zero attached hydrogens (tertiary/aromatic N) is 8. The minimum absolute atomic E-state index is 0.0994. The van der Waals surface area contributed by atoms with Crippen LogP contribution in [0.5, 0.6) is 0 Å². The van der Waals surface area contributed by atoms with Crippen molar-refractivity contribution in [2.75, 3.05) is 13.2 Å². The molecule has 0 spiro atoms. The van der Waals surface area contributed by atoms with Crippen molar-refractivity contribution in [3.05, 3.63) is 33.5 Å². The highest BCUT2D eigenvalue weighted by Crippen LogP contribution is 2.22. The van der Waals surface area contributed by atoms with Crippen LogP contribution in [0.4, 0.5) is 0 Å². The predicted octanol–water partition coefficient (Wildman–Crippen LogP) is 6.89. The second kappa shape index (κ2) is 13.3. The lowest BCUT2D eigenvalue weighted by Crippen LogP contribution is -2.22. The van der Waals surface area contributed by atoms with Crippen LogP contribution in [-0.4, -0.2) is 68.4 Å². The average Bonchev–Trinajstić information content (AvgIpc) is 3.38. The fourth-order valence-corrected chi connectivity index (χ4v) is 5.49. The van der Waals surface area contributed by atoms with Gasteiger partial charge in [0.05, 0.1) is 12.7 Å². The van der Waals surface area contributed by atoms with Crippen LogP contribution in [-0.2, 0) is 22.9 Å². The van der Waals surface area contributed by atoms with Crippen LogP contribution >= 0.6 is 46.4 Å². The number of ether oxygens (including phenoxy) is 2. The molecule has 0 bridgehead atoms. The van der Waals surface area contributed by atoms with Gasteiger partial charge in [0.2, 0.25) is 10.6 Å². The highest BCUT2D eigenvalue weighted by molar-refractivity contribution is 6.76. The zero-order chi connectivity index (χ0) is 28.1. The first-order valence-corrected chi connectivity index (χ1v) is 20.9. The van der Waals surface area contributed by atoms with E-state index < -0.39 is 16.1 Å². The molecule has 0 saturated carbocycles. The van der Waals surface area contributed by atoms with Crippen LogP contribution in [0.1, 0.15) is 0 Å². The molecule has 0 aromatic carbocycles. The molecule has 0 aliphatic rings. The SMILES string of the molecule is C[Si](C)(C)CCOCn1cnc2c(Cl)nc(Cl)nc21.C[Si](C)(C)CCOCn1cnc2nc(Cl)nc(Cl)c21. The molecule has 38 heavy (non-hydrogen) atoms. The van der Waals surface area contributed by atoms with Crippen molar-refractivity contribution in [3.63, 3.8) is 0 Å². The monoisotopic (exact) mass is 636 g/mol. The van der Waals surface area contributed by atoms with Gasteiger partial charge in [0.25, 0.3) is 0 Å². The Bertz CT molecular complexity index is 1370. The van der Waals surface area contributed by atoms with Crippen LogP contribution in [0.15, 0.2) is 12.7 Å². The fraction of sp³-hybridized carbons (Fsp3) is 0.545. The van der Waals surface area contributed by atoms with E-state index in [0.29, 0.717) is 40.9 Å². The Morgan fingerprint density at radius 2 is 1.21 bits per heavy atom. The second-order valence-corrected chi connectivity index (χ2v) is 23.7. The maximum atomic E-state index is 6.05.